The van der Waals surface area contributed by atoms with Gasteiger partial charge in [-0.05, 0) is 31.5 Å². The number of benzene rings is 1. The molecule has 0 radical (unpaired) electrons. The number of hydrogen-bond donors (Lipinski definition) is 2. The summed E-state index contributed by atoms with van der Waals surface area (Å²) in [7, 11) is 0. The summed E-state index contributed by atoms with van der Waals surface area (Å²) in [5, 5.41) is 0.681. The van der Waals surface area contributed by atoms with E-state index in [2.05, 4.69) is 0 Å². The highest BCUT2D eigenvalue weighted by Gasteiger charge is 2.23. The van der Waals surface area contributed by atoms with Crippen molar-refractivity contribution in [3.63, 3.8) is 0 Å². The predicted octanol–water partition coefficient (Wildman–Crippen LogP) is 1.54. The van der Waals surface area contributed by atoms with Crippen molar-refractivity contribution in [2.24, 2.45) is 11.5 Å². The van der Waals surface area contributed by atoms with Crippen LogP contribution in [-0.4, -0.2) is 29.9 Å². The Hall–Kier alpha value is -1.10. The summed E-state index contributed by atoms with van der Waals surface area (Å²) in [6.07, 6.45) is 0. The van der Waals surface area contributed by atoms with Crippen LogP contribution in [0.1, 0.15) is 25.5 Å². The number of nitrogens with zero attached hydrogens (tertiary/aromatic N) is 1. The third-order valence-electron chi connectivity index (χ3n) is 2.88. The van der Waals surface area contributed by atoms with E-state index in [1.807, 2.05) is 43.0 Å². The van der Waals surface area contributed by atoms with E-state index in [0.29, 0.717) is 11.6 Å². The quantitative estimate of drug-likeness (QED) is 0.823. The Kier molecular flexibility index (Phi) is 5.59. The molecule has 0 heterocycles. The van der Waals surface area contributed by atoms with Crippen LogP contribution in [0.25, 0.3) is 0 Å². The molecule has 1 aromatic rings. The molecule has 0 bridgehead atoms. The molecule has 0 fully saturated rings. The SMILES string of the molecule is CC(C)N(CC(N)=O)C(CN)c1ccc(Cl)cc1. The van der Waals surface area contributed by atoms with Crippen LogP contribution in [0.4, 0.5) is 0 Å². The van der Waals surface area contributed by atoms with Gasteiger partial charge in [0.15, 0.2) is 0 Å². The maximum absolute atomic E-state index is 11.1. The summed E-state index contributed by atoms with van der Waals surface area (Å²) in [4.78, 5) is 13.1. The van der Waals surface area contributed by atoms with Gasteiger partial charge in [0.2, 0.25) is 5.91 Å². The number of hydrogen-bond acceptors (Lipinski definition) is 3. The molecular formula is C13H20ClN3O. The summed E-state index contributed by atoms with van der Waals surface area (Å²) in [6, 6.07) is 7.65. The van der Waals surface area contributed by atoms with Crippen molar-refractivity contribution in [2.75, 3.05) is 13.1 Å². The second-order valence-corrected chi connectivity index (χ2v) is 4.97. The van der Waals surface area contributed by atoms with Crippen molar-refractivity contribution in [2.45, 2.75) is 25.9 Å². The number of rotatable bonds is 6. The molecule has 18 heavy (non-hydrogen) atoms. The van der Waals surface area contributed by atoms with Crippen molar-refractivity contribution in [3.05, 3.63) is 34.9 Å². The second-order valence-electron chi connectivity index (χ2n) is 4.54. The van der Waals surface area contributed by atoms with Gasteiger partial charge in [0.05, 0.1) is 6.54 Å². The van der Waals surface area contributed by atoms with Gasteiger partial charge in [-0.3, -0.25) is 9.69 Å². The van der Waals surface area contributed by atoms with Crippen LogP contribution < -0.4 is 11.5 Å². The maximum atomic E-state index is 11.1. The Balaban J connectivity index is 2.97. The van der Waals surface area contributed by atoms with Gasteiger partial charge in [-0.2, -0.15) is 0 Å². The van der Waals surface area contributed by atoms with Crippen LogP contribution in [0.3, 0.4) is 0 Å². The van der Waals surface area contributed by atoms with Crippen LogP contribution in [0.2, 0.25) is 5.02 Å². The number of nitrogens with two attached hydrogens (primary N) is 2. The molecule has 1 rings (SSSR count). The van der Waals surface area contributed by atoms with Crippen molar-refractivity contribution < 1.29 is 4.79 Å². The molecule has 0 aliphatic heterocycles. The Morgan fingerprint density at radius 1 is 1.33 bits per heavy atom. The van der Waals surface area contributed by atoms with Gasteiger partial charge in [-0.15, -0.1) is 0 Å². The minimum atomic E-state index is -0.351. The maximum Gasteiger partial charge on any atom is 0.231 e. The molecular weight excluding hydrogens is 250 g/mol. The van der Waals surface area contributed by atoms with Crippen LogP contribution in [0.15, 0.2) is 24.3 Å². The number of carbonyl (C=O) groups is 1. The zero-order valence-electron chi connectivity index (χ0n) is 10.8. The van der Waals surface area contributed by atoms with Crippen molar-refractivity contribution in [1.29, 1.82) is 0 Å². The van der Waals surface area contributed by atoms with Crippen molar-refractivity contribution in [1.82, 2.24) is 4.90 Å². The minimum absolute atomic E-state index is 0.0326. The summed E-state index contributed by atoms with van der Waals surface area (Å²) in [5.74, 6) is -0.351. The minimum Gasteiger partial charge on any atom is -0.369 e. The molecule has 4 N–H and O–H groups in total. The first-order valence-electron chi connectivity index (χ1n) is 5.95. The molecule has 1 amide bonds. The number of amides is 1. The zero-order chi connectivity index (χ0) is 13.7. The molecule has 5 heteroatoms. The number of carbonyl (C=O) groups excluding carboxylic acids is 1. The van der Waals surface area contributed by atoms with E-state index >= 15 is 0 Å². The third kappa shape index (κ3) is 3.98. The summed E-state index contributed by atoms with van der Waals surface area (Å²) >= 11 is 5.87. The molecule has 100 valence electrons. The highest BCUT2D eigenvalue weighted by atomic mass is 35.5. The van der Waals surface area contributed by atoms with Gasteiger partial charge in [0, 0.05) is 23.7 Å². The second kappa shape index (κ2) is 6.73. The summed E-state index contributed by atoms with van der Waals surface area (Å²) in [5.41, 5.74) is 12.2. The largest absolute Gasteiger partial charge is 0.369 e. The molecule has 0 aliphatic carbocycles. The van der Waals surface area contributed by atoms with E-state index in [-0.39, 0.29) is 24.5 Å². The Morgan fingerprint density at radius 3 is 2.28 bits per heavy atom. The fourth-order valence-corrected chi connectivity index (χ4v) is 2.11. The van der Waals surface area contributed by atoms with Gasteiger partial charge in [0.1, 0.15) is 0 Å². The third-order valence-corrected chi connectivity index (χ3v) is 3.13. The van der Waals surface area contributed by atoms with Crippen molar-refractivity contribution in [3.8, 4) is 0 Å². The molecule has 0 spiro atoms. The first-order valence-corrected chi connectivity index (χ1v) is 6.33. The van der Waals surface area contributed by atoms with Crippen molar-refractivity contribution >= 4 is 17.5 Å². The van der Waals surface area contributed by atoms with Gasteiger partial charge >= 0.3 is 0 Å². The Morgan fingerprint density at radius 2 is 1.89 bits per heavy atom. The Labute approximate surface area is 113 Å². The predicted molar refractivity (Wildman–Crippen MR) is 74.3 cm³/mol. The smallest absolute Gasteiger partial charge is 0.231 e. The lowest BCUT2D eigenvalue weighted by molar-refractivity contribution is -0.120. The van der Waals surface area contributed by atoms with E-state index in [1.54, 1.807) is 0 Å². The molecule has 1 aromatic carbocycles. The molecule has 0 saturated carbocycles. The average molecular weight is 270 g/mol. The topological polar surface area (TPSA) is 72.3 Å². The van der Waals surface area contributed by atoms with E-state index in [4.69, 9.17) is 23.1 Å². The standard InChI is InChI=1S/C13H20ClN3O/c1-9(2)17(8-13(16)18)12(7-15)10-3-5-11(14)6-4-10/h3-6,9,12H,7-8,15H2,1-2H3,(H2,16,18). The normalized spacial score (nSPS) is 13.0. The van der Waals surface area contributed by atoms with Gasteiger partial charge in [-0.1, -0.05) is 23.7 Å². The first kappa shape index (κ1) is 15.0. The lowest BCUT2D eigenvalue weighted by Gasteiger charge is -2.33. The molecule has 1 atom stereocenters. The lowest BCUT2D eigenvalue weighted by Crippen LogP contribution is -2.43. The van der Waals surface area contributed by atoms with Crippen LogP contribution >= 0.6 is 11.6 Å². The highest BCUT2D eigenvalue weighted by Crippen LogP contribution is 2.23. The molecule has 0 aromatic heterocycles. The lowest BCUT2D eigenvalue weighted by atomic mass is 10.0. The highest BCUT2D eigenvalue weighted by molar-refractivity contribution is 6.30. The van der Waals surface area contributed by atoms with Crippen LogP contribution in [0.5, 0.6) is 0 Å². The van der Waals surface area contributed by atoms with Gasteiger partial charge in [0.25, 0.3) is 0 Å². The van der Waals surface area contributed by atoms with E-state index < -0.39 is 0 Å². The van der Waals surface area contributed by atoms with E-state index in [1.165, 1.54) is 0 Å². The van der Waals surface area contributed by atoms with Gasteiger partial charge < -0.3 is 11.5 Å². The number of primary amides is 1. The van der Waals surface area contributed by atoms with Crippen LogP contribution in [0, 0.1) is 0 Å². The molecule has 4 nitrogen and oxygen atoms in total. The van der Waals surface area contributed by atoms with Crippen LogP contribution in [-0.2, 0) is 4.79 Å². The molecule has 1 unspecified atom stereocenters. The average Bonchev–Trinajstić information content (AvgIpc) is 2.30. The fourth-order valence-electron chi connectivity index (χ4n) is 1.98. The zero-order valence-corrected chi connectivity index (χ0v) is 11.5. The summed E-state index contributed by atoms with van der Waals surface area (Å²) < 4.78 is 0. The van der Waals surface area contributed by atoms with E-state index in [0.717, 1.165) is 5.56 Å². The summed E-state index contributed by atoms with van der Waals surface area (Å²) in [6.45, 7) is 4.65. The monoisotopic (exact) mass is 269 g/mol. The Bertz CT molecular complexity index is 392. The first-order chi connectivity index (χ1) is 8.45. The molecule has 0 aliphatic rings. The number of halogens is 1. The van der Waals surface area contributed by atoms with E-state index in [9.17, 15) is 4.79 Å². The molecule has 0 saturated heterocycles. The fraction of sp³-hybridized carbons (Fsp3) is 0.462. The van der Waals surface area contributed by atoms with Gasteiger partial charge in [-0.25, -0.2) is 0 Å².